The summed E-state index contributed by atoms with van der Waals surface area (Å²) in [4.78, 5) is 22.8. The molecule has 0 unspecified atom stereocenters. The quantitative estimate of drug-likeness (QED) is 0.770. The largest absolute Gasteiger partial charge is 0.483 e. The summed E-state index contributed by atoms with van der Waals surface area (Å²) in [7, 11) is 0. The average Bonchev–Trinajstić information content (AvgIpc) is 2.54. The third kappa shape index (κ3) is 4.71. The highest BCUT2D eigenvalue weighted by molar-refractivity contribution is 5.94. The first-order valence-corrected chi connectivity index (χ1v) is 7.05. The Balaban J connectivity index is 1.97. The highest BCUT2D eigenvalue weighted by Crippen LogP contribution is 2.19. The maximum Gasteiger partial charge on any atom is 0.335 e. The van der Waals surface area contributed by atoms with E-state index in [1.54, 1.807) is 24.3 Å². The summed E-state index contributed by atoms with van der Waals surface area (Å²) >= 11 is 0. The Kier molecular flexibility index (Phi) is 5.52. The van der Waals surface area contributed by atoms with Crippen LogP contribution in [0.2, 0.25) is 0 Å². The van der Waals surface area contributed by atoms with Gasteiger partial charge in [0.2, 0.25) is 0 Å². The molecular weight excluding hydrogens is 294 g/mol. The lowest BCUT2D eigenvalue weighted by atomic mass is 10.1. The highest BCUT2D eigenvalue weighted by atomic mass is 16.5. The summed E-state index contributed by atoms with van der Waals surface area (Å²) in [6, 6.07) is 13.5. The average molecular weight is 311 g/mol. The molecule has 2 aromatic carbocycles. The van der Waals surface area contributed by atoms with E-state index >= 15 is 0 Å². The molecule has 5 nitrogen and oxygen atoms in total. The molecule has 0 bridgehead atoms. The van der Waals surface area contributed by atoms with Crippen LogP contribution in [0.3, 0.4) is 0 Å². The second kappa shape index (κ2) is 7.79. The molecular formula is C18H17NO4. The molecule has 0 radical (unpaired) electrons. The number of amides is 1. The van der Waals surface area contributed by atoms with Crippen molar-refractivity contribution in [1.29, 1.82) is 0 Å². The minimum Gasteiger partial charge on any atom is -0.483 e. The van der Waals surface area contributed by atoms with Crippen molar-refractivity contribution in [3.63, 3.8) is 0 Å². The molecule has 0 aliphatic carbocycles. The van der Waals surface area contributed by atoms with Crippen molar-refractivity contribution in [2.75, 3.05) is 11.9 Å². The van der Waals surface area contributed by atoms with Crippen LogP contribution in [0.25, 0.3) is 0 Å². The molecule has 0 aliphatic heterocycles. The van der Waals surface area contributed by atoms with E-state index in [0.717, 1.165) is 5.56 Å². The molecule has 0 aromatic heterocycles. The van der Waals surface area contributed by atoms with Gasteiger partial charge in [-0.25, -0.2) is 4.79 Å². The summed E-state index contributed by atoms with van der Waals surface area (Å²) in [5, 5.41) is 11.5. The number of aromatic carboxylic acids is 1. The maximum atomic E-state index is 11.9. The van der Waals surface area contributed by atoms with E-state index in [4.69, 9.17) is 9.84 Å². The van der Waals surface area contributed by atoms with Gasteiger partial charge in [-0.05, 0) is 36.2 Å². The molecule has 2 rings (SSSR count). The number of carbonyl (C=O) groups is 2. The zero-order chi connectivity index (χ0) is 16.7. The van der Waals surface area contributed by atoms with Crippen molar-refractivity contribution in [2.24, 2.45) is 0 Å². The van der Waals surface area contributed by atoms with Gasteiger partial charge >= 0.3 is 5.97 Å². The Hall–Kier alpha value is -3.08. The van der Waals surface area contributed by atoms with Crippen LogP contribution in [-0.2, 0) is 11.2 Å². The number of hydrogen-bond acceptors (Lipinski definition) is 3. The minimum absolute atomic E-state index is 0.111. The Morgan fingerprint density at radius 3 is 2.70 bits per heavy atom. The zero-order valence-electron chi connectivity index (χ0n) is 12.5. The topological polar surface area (TPSA) is 75.6 Å². The molecule has 118 valence electrons. The molecule has 0 spiro atoms. The maximum absolute atomic E-state index is 11.9. The fourth-order valence-electron chi connectivity index (χ4n) is 2.04. The first-order valence-electron chi connectivity index (χ1n) is 7.05. The summed E-state index contributed by atoms with van der Waals surface area (Å²) in [5.41, 5.74) is 1.47. The van der Waals surface area contributed by atoms with Gasteiger partial charge in [0.15, 0.2) is 6.61 Å². The van der Waals surface area contributed by atoms with Gasteiger partial charge < -0.3 is 15.2 Å². The number of hydrogen-bond donors (Lipinski definition) is 2. The fraction of sp³-hybridized carbons (Fsp3) is 0.111. The molecule has 0 saturated heterocycles. The highest BCUT2D eigenvalue weighted by Gasteiger charge is 2.08. The van der Waals surface area contributed by atoms with Crippen LogP contribution in [-0.4, -0.2) is 23.6 Å². The SMILES string of the molecule is C=CCc1ccccc1OCC(=O)Nc1cccc(C(=O)O)c1. The molecule has 0 aliphatic rings. The lowest BCUT2D eigenvalue weighted by Crippen LogP contribution is -2.20. The standard InChI is InChI=1S/C18H17NO4/c1-2-6-13-7-3-4-10-16(13)23-12-17(20)19-15-9-5-8-14(11-15)18(21)22/h2-5,7-11H,1,6,12H2,(H,19,20)(H,21,22). The summed E-state index contributed by atoms with van der Waals surface area (Å²) in [5.74, 6) is -0.779. The molecule has 0 fully saturated rings. The molecule has 0 atom stereocenters. The third-order valence-corrected chi connectivity index (χ3v) is 3.09. The predicted molar refractivity (Wildman–Crippen MR) is 87.9 cm³/mol. The summed E-state index contributed by atoms with van der Waals surface area (Å²) in [6.45, 7) is 3.53. The van der Waals surface area contributed by atoms with E-state index in [1.165, 1.54) is 12.1 Å². The number of benzene rings is 2. The van der Waals surface area contributed by atoms with Crippen LogP contribution < -0.4 is 10.1 Å². The Morgan fingerprint density at radius 1 is 1.17 bits per heavy atom. The first-order chi connectivity index (χ1) is 11.1. The number of anilines is 1. The van der Waals surface area contributed by atoms with E-state index in [9.17, 15) is 9.59 Å². The lowest BCUT2D eigenvalue weighted by Gasteiger charge is -2.11. The van der Waals surface area contributed by atoms with Crippen LogP contribution in [0.15, 0.2) is 61.2 Å². The van der Waals surface area contributed by atoms with Crippen LogP contribution >= 0.6 is 0 Å². The second-order valence-corrected chi connectivity index (χ2v) is 4.82. The number of carboxylic acid groups (broad SMARTS) is 1. The smallest absolute Gasteiger partial charge is 0.335 e. The second-order valence-electron chi connectivity index (χ2n) is 4.82. The van der Waals surface area contributed by atoms with Gasteiger partial charge in [0.05, 0.1) is 5.56 Å². The van der Waals surface area contributed by atoms with Crippen molar-refractivity contribution in [3.8, 4) is 5.75 Å². The van der Waals surface area contributed by atoms with Gasteiger partial charge in [0, 0.05) is 5.69 Å². The van der Waals surface area contributed by atoms with Gasteiger partial charge in [-0.1, -0.05) is 30.3 Å². The lowest BCUT2D eigenvalue weighted by molar-refractivity contribution is -0.118. The van der Waals surface area contributed by atoms with E-state index < -0.39 is 5.97 Å². The molecule has 1 amide bonds. The Bertz CT molecular complexity index is 724. The number of carbonyl (C=O) groups excluding carboxylic acids is 1. The van der Waals surface area contributed by atoms with Crippen molar-refractivity contribution < 1.29 is 19.4 Å². The molecule has 2 N–H and O–H groups in total. The Morgan fingerprint density at radius 2 is 1.96 bits per heavy atom. The summed E-state index contributed by atoms with van der Waals surface area (Å²) in [6.07, 6.45) is 2.41. The molecule has 5 heteroatoms. The number of ether oxygens (including phenoxy) is 1. The van der Waals surface area contributed by atoms with Gasteiger partial charge in [-0.2, -0.15) is 0 Å². The molecule has 0 saturated carbocycles. The van der Waals surface area contributed by atoms with Gasteiger partial charge in [-0.3, -0.25) is 4.79 Å². The minimum atomic E-state index is -1.05. The number of para-hydroxylation sites is 1. The number of rotatable bonds is 7. The fourth-order valence-corrected chi connectivity index (χ4v) is 2.04. The van der Waals surface area contributed by atoms with Crippen molar-refractivity contribution in [2.45, 2.75) is 6.42 Å². The normalized spacial score (nSPS) is 9.91. The van der Waals surface area contributed by atoms with Crippen LogP contribution in [0.4, 0.5) is 5.69 Å². The van der Waals surface area contributed by atoms with Crippen molar-refractivity contribution in [1.82, 2.24) is 0 Å². The zero-order valence-corrected chi connectivity index (χ0v) is 12.5. The monoisotopic (exact) mass is 311 g/mol. The van der Waals surface area contributed by atoms with Crippen LogP contribution in [0.1, 0.15) is 15.9 Å². The van der Waals surface area contributed by atoms with Gasteiger partial charge in [0.1, 0.15) is 5.75 Å². The van der Waals surface area contributed by atoms with Crippen molar-refractivity contribution in [3.05, 3.63) is 72.3 Å². The van der Waals surface area contributed by atoms with Crippen LogP contribution in [0, 0.1) is 0 Å². The third-order valence-electron chi connectivity index (χ3n) is 3.09. The Labute approximate surface area is 134 Å². The van der Waals surface area contributed by atoms with Gasteiger partial charge in [0.25, 0.3) is 5.91 Å². The first kappa shape index (κ1) is 16.3. The van der Waals surface area contributed by atoms with E-state index in [-0.39, 0.29) is 18.1 Å². The van der Waals surface area contributed by atoms with Crippen LogP contribution in [0.5, 0.6) is 5.75 Å². The number of nitrogens with one attached hydrogen (secondary N) is 1. The van der Waals surface area contributed by atoms with Gasteiger partial charge in [-0.15, -0.1) is 6.58 Å². The predicted octanol–water partition coefficient (Wildman–Crippen LogP) is 3.13. The molecule has 2 aromatic rings. The molecule has 0 heterocycles. The summed E-state index contributed by atoms with van der Waals surface area (Å²) < 4.78 is 5.53. The van der Waals surface area contributed by atoms with Crippen molar-refractivity contribution >= 4 is 17.6 Å². The number of allylic oxidation sites excluding steroid dienone is 1. The molecule has 23 heavy (non-hydrogen) atoms. The van der Waals surface area contributed by atoms with E-state index in [2.05, 4.69) is 11.9 Å². The van der Waals surface area contributed by atoms with E-state index in [0.29, 0.717) is 17.9 Å². The van der Waals surface area contributed by atoms with E-state index in [1.807, 2.05) is 18.2 Å². The number of carboxylic acids is 1.